The summed E-state index contributed by atoms with van der Waals surface area (Å²) in [6, 6.07) is 17.0. The van der Waals surface area contributed by atoms with Gasteiger partial charge in [0.25, 0.3) is 5.91 Å². The van der Waals surface area contributed by atoms with Gasteiger partial charge in [-0.2, -0.15) is 0 Å². The lowest BCUT2D eigenvalue weighted by Gasteiger charge is -2.08. The molecule has 5 heteroatoms. The number of carbonyl (C=O) groups is 1. The summed E-state index contributed by atoms with van der Waals surface area (Å²) in [7, 11) is 0. The summed E-state index contributed by atoms with van der Waals surface area (Å²) in [6.45, 7) is 0. The van der Waals surface area contributed by atoms with Crippen LogP contribution in [0.4, 0.5) is 5.69 Å². The Morgan fingerprint density at radius 1 is 0.917 bits per heavy atom. The molecule has 4 rings (SSSR count). The molecule has 2 aromatic heterocycles. The minimum atomic E-state index is -0.143. The highest BCUT2D eigenvalue weighted by atomic mass is 32.1. The van der Waals surface area contributed by atoms with Crippen molar-refractivity contribution in [3.05, 3.63) is 77.9 Å². The maximum atomic E-state index is 12.6. The first kappa shape index (κ1) is 14.5. The van der Waals surface area contributed by atoms with Crippen LogP contribution in [0, 0.1) is 0 Å². The summed E-state index contributed by atoms with van der Waals surface area (Å²) in [5.41, 5.74) is 3.22. The lowest BCUT2D eigenvalue weighted by molar-refractivity contribution is 0.102. The molecular formula is C19H13N3OS. The van der Waals surface area contributed by atoms with E-state index in [1.807, 2.05) is 60.0 Å². The molecule has 0 bridgehead atoms. The first-order chi connectivity index (χ1) is 11.8. The topological polar surface area (TPSA) is 54.9 Å². The Morgan fingerprint density at radius 3 is 2.58 bits per heavy atom. The molecule has 2 aromatic carbocycles. The fourth-order valence-corrected chi connectivity index (χ4v) is 3.21. The zero-order valence-electron chi connectivity index (χ0n) is 12.6. The standard InChI is InChI=1S/C19H13N3OS/c23-18(16-3-1-5-17-15(16)4-2-10-20-17)22-14-8-6-13(7-9-14)19-21-11-12-24-19/h1-12H,(H,22,23). The van der Waals surface area contributed by atoms with Gasteiger partial charge in [0, 0.05) is 40.0 Å². The zero-order valence-corrected chi connectivity index (χ0v) is 13.5. The summed E-state index contributed by atoms with van der Waals surface area (Å²) in [6.07, 6.45) is 3.51. The van der Waals surface area contributed by atoms with Crippen molar-refractivity contribution in [1.29, 1.82) is 0 Å². The van der Waals surface area contributed by atoms with Gasteiger partial charge < -0.3 is 5.32 Å². The molecule has 1 N–H and O–H groups in total. The average Bonchev–Trinajstić information content (AvgIpc) is 3.16. The van der Waals surface area contributed by atoms with E-state index in [4.69, 9.17) is 0 Å². The van der Waals surface area contributed by atoms with Crippen molar-refractivity contribution in [3.8, 4) is 10.6 Å². The molecule has 0 unspecified atom stereocenters. The number of hydrogen-bond acceptors (Lipinski definition) is 4. The van der Waals surface area contributed by atoms with Crippen LogP contribution in [0.15, 0.2) is 72.4 Å². The highest BCUT2D eigenvalue weighted by Crippen LogP contribution is 2.24. The highest BCUT2D eigenvalue weighted by Gasteiger charge is 2.10. The summed E-state index contributed by atoms with van der Waals surface area (Å²) in [5, 5.41) is 6.69. The second kappa shape index (κ2) is 6.22. The van der Waals surface area contributed by atoms with Crippen molar-refractivity contribution in [2.24, 2.45) is 0 Å². The van der Waals surface area contributed by atoms with Crippen LogP contribution in [0.1, 0.15) is 10.4 Å². The summed E-state index contributed by atoms with van der Waals surface area (Å²) in [4.78, 5) is 21.2. The SMILES string of the molecule is O=C(Nc1ccc(-c2nccs2)cc1)c1cccc2ncccc12. The molecular weight excluding hydrogens is 318 g/mol. The van der Waals surface area contributed by atoms with Gasteiger partial charge in [-0.25, -0.2) is 4.98 Å². The largest absolute Gasteiger partial charge is 0.322 e. The Morgan fingerprint density at radius 2 is 1.79 bits per heavy atom. The number of fused-ring (bicyclic) bond motifs is 1. The molecule has 0 aliphatic carbocycles. The second-order valence-electron chi connectivity index (χ2n) is 5.24. The summed E-state index contributed by atoms with van der Waals surface area (Å²) < 4.78 is 0. The summed E-state index contributed by atoms with van der Waals surface area (Å²) >= 11 is 1.59. The van der Waals surface area contributed by atoms with Gasteiger partial charge in [0.1, 0.15) is 5.01 Å². The van der Waals surface area contributed by atoms with Crippen molar-refractivity contribution < 1.29 is 4.79 Å². The van der Waals surface area contributed by atoms with E-state index in [2.05, 4.69) is 15.3 Å². The molecule has 0 fully saturated rings. The van der Waals surface area contributed by atoms with Crippen LogP contribution in [-0.4, -0.2) is 15.9 Å². The van der Waals surface area contributed by atoms with Gasteiger partial charge in [-0.15, -0.1) is 11.3 Å². The van der Waals surface area contributed by atoms with Crippen LogP contribution < -0.4 is 5.32 Å². The number of aromatic nitrogens is 2. The molecule has 0 saturated carbocycles. The van der Waals surface area contributed by atoms with E-state index in [9.17, 15) is 4.79 Å². The Kier molecular flexibility index (Phi) is 3.76. The van der Waals surface area contributed by atoms with Crippen LogP contribution >= 0.6 is 11.3 Å². The Balaban J connectivity index is 1.59. The van der Waals surface area contributed by atoms with Gasteiger partial charge in [-0.3, -0.25) is 9.78 Å². The van der Waals surface area contributed by atoms with Crippen LogP contribution in [-0.2, 0) is 0 Å². The number of anilines is 1. The number of nitrogens with zero attached hydrogens (tertiary/aromatic N) is 2. The fourth-order valence-electron chi connectivity index (χ4n) is 2.56. The van der Waals surface area contributed by atoms with E-state index in [0.29, 0.717) is 5.56 Å². The molecule has 0 aliphatic heterocycles. The van der Waals surface area contributed by atoms with Gasteiger partial charge in [0.15, 0.2) is 0 Å². The van der Waals surface area contributed by atoms with Crippen molar-refractivity contribution in [3.63, 3.8) is 0 Å². The smallest absolute Gasteiger partial charge is 0.256 e. The normalized spacial score (nSPS) is 10.7. The van der Waals surface area contributed by atoms with Crippen LogP contribution in [0.2, 0.25) is 0 Å². The zero-order chi connectivity index (χ0) is 16.4. The average molecular weight is 331 g/mol. The number of thiazole rings is 1. The Hall–Kier alpha value is -3.05. The van der Waals surface area contributed by atoms with E-state index in [1.54, 1.807) is 23.7 Å². The van der Waals surface area contributed by atoms with Crippen LogP contribution in [0.3, 0.4) is 0 Å². The number of hydrogen-bond donors (Lipinski definition) is 1. The molecule has 1 amide bonds. The molecule has 0 aliphatic rings. The van der Waals surface area contributed by atoms with E-state index in [1.165, 1.54) is 0 Å². The van der Waals surface area contributed by atoms with Gasteiger partial charge in [-0.05, 0) is 42.5 Å². The summed E-state index contributed by atoms with van der Waals surface area (Å²) in [5.74, 6) is -0.143. The number of nitrogens with one attached hydrogen (secondary N) is 1. The molecule has 2 heterocycles. The van der Waals surface area contributed by atoms with Crippen molar-refractivity contribution >= 4 is 33.8 Å². The number of carbonyl (C=O) groups excluding carboxylic acids is 1. The third-order valence-corrected chi connectivity index (χ3v) is 4.53. The highest BCUT2D eigenvalue weighted by molar-refractivity contribution is 7.13. The molecule has 0 saturated heterocycles. The third-order valence-electron chi connectivity index (χ3n) is 3.71. The van der Waals surface area contributed by atoms with E-state index in [0.717, 1.165) is 27.2 Å². The number of benzene rings is 2. The third kappa shape index (κ3) is 2.77. The second-order valence-corrected chi connectivity index (χ2v) is 6.14. The van der Waals surface area contributed by atoms with Gasteiger partial charge in [-0.1, -0.05) is 12.1 Å². The fraction of sp³-hybridized carbons (Fsp3) is 0. The predicted molar refractivity (Wildman–Crippen MR) is 97.2 cm³/mol. The van der Waals surface area contributed by atoms with Gasteiger partial charge >= 0.3 is 0 Å². The number of amides is 1. The van der Waals surface area contributed by atoms with E-state index < -0.39 is 0 Å². The molecule has 116 valence electrons. The number of pyridine rings is 1. The van der Waals surface area contributed by atoms with Crippen LogP contribution in [0.25, 0.3) is 21.5 Å². The Labute approximate surface area is 142 Å². The maximum absolute atomic E-state index is 12.6. The van der Waals surface area contributed by atoms with Crippen LogP contribution in [0.5, 0.6) is 0 Å². The molecule has 4 nitrogen and oxygen atoms in total. The van der Waals surface area contributed by atoms with Crippen molar-refractivity contribution in [2.45, 2.75) is 0 Å². The molecule has 0 radical (unpaired) electrons. The van der Waals surface area contributed by atoms with Crippen molar-refractivity contribution in [2.75, 3.05) is 5.32 Å². The molecule has 0 atom stereocenters. The van der Waals surface area contributed by atoms with E-state index in [-0.39, 0.29) is 5.91 Å². The Bertz CT molecular complexity index is 989. The predicted octanol–water partition coefficient (Wildman–Crippen LogP) is 4.61. The minimum Gasteiger partial charge on any atom is -0.322 e. The maximum Gasteiger partial charge on any atom is 0.256 e. The lowest BCUT2D eigenvalue weighted by atomic mass is 10.1. The lowest BCUT2D eigenvalue weighted by Crippen LogP contribution is -2.12. The quantitative estimate of drug-likeness (QED) is 0.596. The first-order valence-electron chi connectivity index (χ1n) is 7.46. The minimum absolute atomic E-state index is 0.143. The first-order valence-corrected chi connectivity index (χ1v) is 8.34. The van der Waals surface area contributed by atoms with Gasteiger partial charge in [0.05, 0.1) is 5.52 Å². The number of rotatable bonds is 3. The van der Waals surface area contributed by atoms with Crippen molar-refractivity contribution in [1.82, 2.24) is 9.97 Å². The van der Waals surface area contributed by atoms with Gasteiger partial charge in [0.2, 0.25) is 0 Å². The molecule has 0 spiro atoms. The molecule has 4 aromatic rings. The monoisotopic (exact) mass is 331 g/mol. The van der Waals surface area contributed by atoms with E-state index >= 15 is 0 Å². The molecule has 24 heavy (non-hydrogen) atoms.